The summed E-state index contributed by atoms with van der Waals surface area (Å²) in [6.45, 7) is 9.92. The number of rotatable bonds is 60. The third-order valence-corrected chi connectivity index (χ3v) is 14.0. The van der Waals surface area contributed by atoms with Gasteiger partial charge in [-0.15, -0.1) is 0 Å². The van der Waals surface area contributed by atoms with Crippen molar-refractivity contribution in [2.75, 3.05) is 53.9 Å². The first kappa shape index (κ1) is 71.0. The number of methoxy groups -OCH3 is 2. The molecule has 428 valence electrons. The molecule has 0 saturated carbocycles. The predicted octanol–water partition coefficient (Wildman–Crippen LogP) is 17.5. The minimum atomic E-state index is -0.525. The Morgan fingerprint density at radius 3 is 1.04 bits per heavy atom. The molecular weight excluding hydrogens is 913 g/mol. The fourth-order valence-electron chi connectivity index (χ4n) is 9.19. The molecule has 0 fully saturated rings. The topological polar surface area (TPSA) is 107 Å². The average Bonchev–Trinajstić information content (AvgIpc) is 3.39. The Labute approximate surface area is 451 Å². The Bertz CT molecular complexity index is 1280. The van der Waals surface area contributed by atoms with Crippen LogP contribution in [0.25, 0.3) is 0 Å². The standard InChI is InChI=1S/C64H118O9/c1-7-11-14-38-47-61(68-5)49-41-32-26-20-17-23-29-35-44-58(65)53-70-56-64(73-55-60(67)46-37-31-25-18-21-27-33-42-50-62(69-6)48-39-15-12-8-2)57-71-54-59(66)45-36-30-24-19-22-28-34-43-52-63(72-10-4)51-40-16-13-9-3/h32-34,41-43,61-64H,7-31,35-40,44-57H2,1-6H3/b41-32-,42-33-,43-34-. The van der Waals surface area contributed by atoms with Crippen molar-refractivity contribution in [3.8, 4) is 0 Å². The summed E-state index contributed by atoms with van der Waals surface area (Å²) in [6, 6.07) is 0. The number of hydrogen-bond donors (Lipinski definition) is 0. The van der Waals surface area contributed by atoms with Crippen LogP contribution >= 0.6 is 0 Å². The van der Waals surface area contributed by atoms with Gasteiger partial charge in [-0.1, -0.05) is 192 Å². The van der Waals surface area contributed by atoms with Gasteiger partial charge in [-0.2, -0.15) is 0 Å². The first-order chi connectivity index (χ1) is 35.8. The number of carbonyl (C=O) groups excluding carboxylic acids is 3. The maximum absolute atomic E-state index is 12.8. The maximum Gasteiger partial charge on any atom is 0.158 e. The van der Waals surface area contributed by atoms with Crippen molar-refractivity contribution in [3.63, 3.8) is 0 Å². The molecule has 0 rings (SSSR count). The zero-order valence-corrected chi connectivity index (χ0v) is 48.8. The second-order valence-corrected chi connectivity index (χ2v) is 21.0. The number of unbranched alkanes of at least 4 members (excludes halogenated alkanes) is 24. The molecule has 9 heteroatoms. The molecule has 73 heavy (non-hydrogen) atoms. The van der Waals surface area contributed by atoms with Gasteiger partial charge in [0, 0.05) is 40.1 Å². The van der Waals surface area contributed by atoms with E-state index in [0.29, 0.717) is 37.6 Å². The van der Waals surface area contributed by atoms with E-state index < -0.39 is 6.10 Å². The van der Waals surface area contributed by atoms with E-state index in [1.54, 1.807) is 0 Å². The van der Waals surface area contributed by atoms with Crippen molar-refractivity contribution in [2.45, 2.75) is 303 Å². The molecule has 0 heterocycles. The fourth-order valence-corrected chi connectivity index (χ4v) is 9.19. The first-order valence-corrected chi connectivity index (χ1v) is 30.8. The van der Waals surface area contributed by atoms with Gasteiger partial charge in [0.15, 0.2) is 17.3 Å². The van der Waals surface area contributed by atoms with Gasteiger partial charge in [-0.25, -0.2) is 0 Å². The number of allylic oxidation sites excluding steroid dienone is 3. The van der Waals surface area contributed by atoms with E-state index in [0.717, 1.165) is 135 Å². The summed E-state index contributed by atoms with van der Waals surface area (Å²) in [5, 5.41) is 0. The van der Waals surface area contributed by atoms with Gasteiger partial charge >= 0.3 is 0 Å². The van der Waals surface area contributed by atoms with Crippen molar-refractivity contribution in [1.82, 2.24) is 0 Å². The van der Waals surface area contributed by atoms with Gasteiger partial charge in [-0.3, -0.25) is 14.4 Å². The minimum Gasteiger partial charge on any atom is -0.381 e. The zero-order chi connectivity index (χ0) is 53.3. The Morgan fingerprint density at radius 2 is 0.671 bits per heavy atom. The quantitative estimate of drug-likeness (QED) is 0.0435. The molecule has 0 aliphatic carbocycles. The largest absolute Gasteiger partial charge is 0.381 e. The van der Waals surface area contributed by atoms with Crippen molar-refractivity contribution < 1.29 is 42.8 Å². The Hall–Kier alpha value is -2.01. The van der Waals surface area contributed by atoms with Gasteiger partial charge < -0.3 is 28.4 Å². The fraction of sp³-hybridized carbons (Fsp3) is 0.859. The molecule has 0 saturated heterocycles. The van der Waals surface area contributed by atoms with Crippen LogP contribution in [0.5, 0.6) is 0 Å². The van der Waals surface area contributed by atoms with Crippen LogP contribution in [0.3, 0.4) is 0 Å². The summed E-state index contributed by atoms with van der Waals surface area (Å²) in [7, 11) is 3.65. The lowest BCUT2D eigenvalue weighted by Crippen LogP contribution is -2.30. The molecule has 0 amide bonds. The van der Waals surface area contributed by atoms with Crippen LogP contribution in [-0.4, -0.2) is 95.6 Å². The van der Waals surface area contributed by atoms with E-state index >= 15 is 0 Å². The minimum absolute atomic E-state index is 0.0174. The normalized spacial score (nSPS) is 13.7. The molecule has 4 atom stereocenters. The highest BCUT2D eigenvalue weighted by Gasteiger charge is 2.16. The van der Waals surface area contributed by atoms with Crippen molar-refractivity contribution >= 4 is 17.3 Å². The number of ether oxygens (including phenoxy) is 6. The molecule has 0 radical (unpaired) electrons. The summed E-state index contributed by atoms with van der Waals surface area (Å²) < 4.78 is 34.9. The summed E-state index contributed by atoms with van der Waals surface area (Å²) >= 11 is 0. The van der Waals surface area contributed by atoms with Gasteiger partial charge in [0.2, 0.25) is 0 Å². The third kappa shape index (κ3) is 51.9. The SMILES string of the molecule is CCCCCCC(C/C=C\CCCCCCCC(=O)COCC(COCC(=O)CCCCCCC/C=C\CC(CCCCCC)OCC)OCC(=O)CCCCCCC/C=C\CC(CCCCCC)OC)OC. The molecule has 0 aliphatic rings. The number of ketones is 3. The van der Waals surface area contributed by atoms with Crippen LogP contribution in [0.15, 0.2) is 36.5 Å². The van der Waals surface area contributed by atoms with Gasteiger partial charge in [-0.05, 0) is 103 Å². The van der Waals surface area contributed by atoms with E-state index in [1.165, 1.54) is 103 Å². The Morgan fingerprint density at radius 1 is 0.342 bits per heavy atom. The predicted molar refractivity (Wildman–Crippen MR) is 308 cm³/mol. The van der Waals surface area contributed by atoms with Crippen LogP contribution in [0.4, 0.5) is 0 Å². The lowest BCUT2D eigenvalue weighted by Gasteiger charge is -2.18. The molecule has 0 N–H and O–H groups in total. The first-order valence-electron chi connectivity index (χ1n) is 30.8. The van der Waals surface area contributed by atoms with E-state index in [2.05, 4.69) is 64.2 Å². The van der Waals surface area contributed by atoms with Gasteiger partial charge in [0.25, 0.3) is 0 Å². The maximum atomic E-state index is 12.8. The zero-order valence-electron chi connectivity index (χ0n) is 48.8. The van der Waals surface area contributed by atoms with Crippen LogP contribution in [0.1, 0.15) is 278 Å². The van der Waals surface area contributed by atoms with E-state index in [4.69, 9.17) is 28.4 Å². The molecule has 0 aromatic carbocycles. The molecule has 0 bridgehead atoms. The second-order valence-electron chi connectivity index (χ2n) is 21.0. The van der Waals surface area contributed by atoms with Crippen molar-refractivity contribution in [1.29, 1.82) is 0 Å². The summed E-state index contributed by atoms with van der Waals surface area (Å²) in [4.78, 5) is 38.3. The highest BCUT2D eigenvalue weighted by Crippen LogP contribution is 2.17. The number of carbonyl (C=O) groups is 3. The van der Waals surface area contributed by atoms with Crippen LogP contribution in [0.2, 0.25) is 0 Å². The Balaban J connectivity index is 4.58. The highest BCUT2D eigenvalue weighted by atomic mass is 16.6. The Kier molecular flexibility index (Phi) is 56.1. The number of hydrogen-bond acceptors (Lipinski definition) is 9. The van der Waals surface area contributed by atoms with Crippen LogP contribution in [-0.2, 0) is 42.8 Å². The van der Waals surface area contributed by atoms with Gasteiger partial charge in [0.05, 0.1) is 31.5 Å². The third-order valence-electron chi connectivity index (χ3n) is 14.0. The molecule has 0 aromatic rings. The second kappa shape index (κ2) is 57.7. The monoisotopic (exact) mass is 1030 g/mol. The molecule has 0 spiro atoms. The van der Waals surface area contributed by atoms with Crippen molar-refractivity contribution in [2.24, 2.45) is 0 Å². The van der Waals surface area contributed by atoms with E-state index in [9.17, 15) is 14.4 Å². The van der Waals surface area contributed by atoms with Crippen LogP contribution in [0, 0.1) is 0 Å². The average molecular weight is 1030 g/mol. The molecular formula is C64H118O9. The van der Waals surface area contributed by atoms with Crippen molar-refractivity contribution in [3.05, 3.63) is 36.5 Å². The summed E-state index contributed by atoms with van der Waals surface area (Å²) in [5.41, 5.74) is 0. The molecule has 9 nitrogen and oxygen atoms in total. The van der Waals surface area contributed by atoms with Crippen LogP contribution < -0.4 is 0 Å². The summed E-state index contributed by atoms with van der Waals surface area (Å²) in [6.07, 6.45) is 56.9. The highest BCUT2D eigenvalue weighted by molar-refractivity contribution is 5.80. The lowest BCUT2D eigenvalue weighted by molar-refractivity contribution is -0.135. The van der Waals surface area contributed by atoms with Gasteiger partial charge in [0.1, 0.15) is 25.9 Å². The number of Topliss-reactive ketones (excluding diaryl/α,β-unsaturated/α-hetero) is 3. The summed E-state index contributed by atoms with van der Waals surface area (Å²) in [5.74, 6) is 0.220. The van der Waals surface area contributed by atoms with E-state index in [-0.39, 0.29) is 50.4 Å². The smallest absolute Gasteiger partial charge is 0.158 e. The van der Waals surface area contributed by atoms with E-state index in [1.807, 2.05) is 14.2 Å². The molecule has 0 aromatic heterocycles. The lowest BCUT2D eigenvalue weighted by atomic mass is 10.1. The molecule has 0 aliphatic heterocycles. The molecule has 4 unspecified atom stereocenters.